The Morgan fingerprint density at radius 2 is 1.78 bits per heavy atom. The molecule has 12 nitrogen and oxygen atoms in total. The molecule has 0 saturated heterocycles. The molecule has 170 valence electrons. The maximum Gasteiger partial charge on any atom is 0.304 e. The van der Waals surface area contributed by atoms with Crippen molar-refractivity contribution in [3.05, 3.63) is 48.1 Å². The summed E-state index contributed by atoms with van der Waals surface area (Å²) in [5, 5.41) is 33.3. The second kappa shape index (κ2) is 10.8. The van der Waals surface area contributed by atoms with E-state index in [2.05, 4.69) is 15.5 Å². The van der Waals surface area contributed by atoms with E-state index in [1.165, 1.54) is 20.1 Å². The van der Waals surface area contributed by atoms with Gasteiger partial charge >= 0.3 is 5.69 Å². The standard InChI is InChI=1S/C19H21IN6O6/c1-5-24(6-2)16-9-14(21-11(3)27)15(10-18(16)32-4)22-23-19-13(20)7-12(25(28)29)8-17(19)26(30)31/h7-10H,5-6H2,1-4H3,(H,21,27). The Hall–Kier alpha value is -3.36. The molecule has 13 heteroatoms. The number of nitro groups is 2. The van der Waals surface area contributed by atoms with Crippen LogP contribution < -0.4 is 15.0 Å². The summed E-state index contributed by atoms with van der Waals surface area (Å²) in [5.74, 6) is 0.137. The molecule has 2 aromatic rings. The zero-order valence-corrected chi connectivity index (χ0v) is 19.9. The van der Waals surface area contributed by atoms with Crippen molar-refractivity contribution in [2.45, 2.75) is 20.8 Å². The number of nitrogens with one attached hydrogen (secondary N) is 1. The van der Waals surface area contributed by atoms with Gasteiger partial charge < -0.3 is 15.0 Å². The zero-order valence-electron chi connectivity index (χ0n) is 17.8. The molecule has 0 aliphatic rings. The van der Waals surface area contributed by atoms with Gasteiger partial charge in [0, 0.05) is 32.1 Å². The molecule has 0 heterocycles. The van der Waals surface area contributed by atoms with Gasteiger partial charge in [0.2, 0.25) is 5.91 Å². The minimum Gasteiger partial charge on any atom is -0.494 e. The van der Waals surface area contributed by atoms with E-state index in [1.807, 2.05) is 18.7 Å². The highest BCUT2D eigenvalue weighted by Crippen LogP contribution is 2.41. The second-order valence-corrected chi connectivity index (χ2v) is 7.57. The van der Waals surface area contributed by atoms with Gasteiger partial charge in [0.25, 0.3) is 5.69 Å². The van der Waals surface area contributed by atoms with E-state index in [-0.39, 0.29) is 20.9 Å². The van der Waals surface area contributed by atoms with Gasteiger partial charge in [-0.05, 0) is 42.5 Å². The summed E-state index contributed by atoms with van der Waals surface area (Å²) in [5.41, 5.74) is 0.155. The molecule has 0 aliphatic heterocycles. The quantitative estimate of drug-likeness (QED) is 0.189. The number of amides is 1. The number of azo groups is 1. The first-order valence-electron chi connectivity index (χ1n) is 9.41. The molecule has 0 spiro atoms. The number of rotatable bonds is 9. The summed E-state index contributed by atoms with van der Waals surface area (Å²) in [7, 11) is 1.49. The Balaban J connectivity index is 2.66. The van der Waals surface area contributed by atoms with Crippen molar-refractivity contribution in [3.63, 3.8) is 0 Å². The van der Waals surface area contributed by atoms with Gasteiger partial charge in [-0.15, -0.1) is 10.2 Å². The van der Waals surface area contributed by atoms with E-state index in [4.69, 9.17) is 4.74 Å². The minimum atomic E-state index is -0.762. The Bertz CT molecular complexity index is 1090. The van der Waals surface area contributed by atoms with E-state index < -0.39 is 21.2 Å². The summed E-state index contributed by atoms with van der Waals surface area (Å²) >= 11 is 1.72. The lowest BCUT2D eigenvalue weighted by molar-refractivity contribution is -0.393. The number of non-ortho nitro benzene ring substituents is 1. The highest BCUT2D eigenvalue weighted by molar-refractivity contribution is 14.1. The molecular formula is C19H21IN6O6. The van der Waals surface area contributed by atoms with Gasteiger partial charge in [-0.2, -0.15) is 0 Å². The van der Waals surface area contributed by atoms with E-state index in [1.54, 1.807) is 34.7 Å². The fourth-order valence-corrected chi connectivity index (χ4v) is 3.63. The van der Waals surface area contributed by atoms with Crippen LogP contribution in [0.5, 0.6) is 5.75 Å². The number of benzene rings is 2. The van der Waals surface area contributed by atoms with Crippen LogP contribution in [0.3, 0.4) is 0 Å². The first-order valence-corrected chi connectivity index (χ1v) is 10.5. The van der Waals surface area contributed by atoms with E-state index in [9.17, 15) is 25.0 Å². The molecule has 2 aromatic carbocycles. The molecule has 1 amide bonds. The molecule has 2 rings (SSSR count). The normalized spacial score (nSPS) is 10.8. The molecular weight excluding hydrogens is 535 g/mol. The van der Waals surface area contributed by atoms with Crippen LogP contribution in [-0.2, 0) is 4.79 Å². The van der Waals surface area contributed by atoms with Gasteiger partial charge in [0.1, 0.15) is 11.4 Å². The van der Waals surface area contributed by atoms with Crippen molar-refractivity contribution >= 4 is 62.6 Å². The molecule has 0 aromatic heterocycles. The molecule has 0 aliphatic carbocycles. The number of carbonyl (C=O) groups is 1. The monoisotopic (exact) mass is 556 g/mol. The second-order valence-electron chi connectivity index (χ2n) is 6.40. The number of nitrogens with zero attached hydrogens (tertiary/aromatic N) is 5. The summed E-state index contributed by atoms with van der Waals surface area (Å²) in [6, 6.07) is 5.25. The van der Waals surface area contributed by atoms with Crippen molar-refractivity contribution in [1.29, 1.82) is 0 Å². The van der Waals surface area contributed by atoms with E-state index >= 15 is 0 Å². The highest BCUT2D eigenvalue weighted by Gasteiger charge is 2.24. The number of nitro benzene ring substituents is 2. The summed E-state index contributed by atoms with van der Waals surface area (Å²) in [6.07, 6.45) is 0. The van der Waals surface area contributed by atoms with Crippen LogP contribution in [-0.4, -0.2) is 36.0 Å². The smallest absolute Gasteiger partial charge is 0.304 e. The van der Waals surface area contributed by atoms with Gasteiger partial charge in [-0.25, -0.2) is 0 Å². The molecule has 0 radical (unpaired) electrons. The first kappa shape index (κ1) is 24.9. The van der Waals surface area contributed by atoms with Crippen LogP contribution in [0.25, 0.3) is 0 Å². The summed E-state index contributed by atoms with van der Waals surface area (Å²) in [4.78, 5) is 34.8. The predicted octanol–water partition coefficient (Wildman–Crippen LogP) is 5.34. The topological polar surface area (TPSA) is 153 Å². The maximum atomic E-state index is 11.7. The number of hydrogen-bond donors (Lipinski definition) is 1. The number of methoxy groups -OCH3 is 1. The van der Waals surface area contributed by atoms with Crippen LogP contribution in [0.15, 0.2) is 34.5 Å². The Labute approximate surface area is 197 Å². The van der Waals surface area contributed by atoms with Gasteiger partial charge in [0.15, 0.2) is 5.69 Å². The summed E-state index contributed by atoms with van der Waals surface area (Å²) < 4.78 is 5.65. The van der Waals surface area contributed by atoms with Crippen LogP contribution in [0.4, 0.5) is 34.1 Å². The number of carbonyl (C=O) groups excluding carboxylic acids is 1. The third kappa shape index (κ3) is 5.66. The van der Waals surface area contributed by atoms with Crippen molar-refractivity contribution < 1.29 is 19.4 Å². The van der Waals surface area contributed by atoms with Crippen molar-refractivity contribution in [3.8, 4) is 5.75 Å². The number of ether oxygens (including phenoxy) is 1. The fourth-order valence-electron chi connectivity index (χ4n) is 2.92. The predicted molar refractivity (Wildman–Crippen MR) is 128 cm³/mol. The Kier molecular flexibility index (Phi) is 8.40. The zero-order chi connectivity index (χ0) is 24.0. The van der Waals surface area contributed by atoms with Gasteiger partial charge in [0.05, 0.1) is 38.0 Å². The number of halogens is 1. The fraction of sp³-hybridized carbons (Fsp3) is 0.316. The van der Waals surface area contributed by atoms with Crippen LogP contribution in [0.2, 0.25) is 0 Å². The minimum absolute atomic E-state index is 0.137. The van der Waals surface area contributed by atoms with Gasteiger partial charge in [-0.3, -0.25) is 25.0 Å². The lowest BCUT2D eigenvalue weighted by Gasteiger charge is -2.24. The molecule has 0 saturated carbocycles. The molecule has 0 fully saturated rings. The lowest BCUT2D eigenvalue weighted by Crippen LogP contribution is -2.22. The largest absolute Gasteiger partial charge is 0.494 e. The first-order chi connectivity index (χ1) is 15.1. The molecule has 0 bridgehead atoms. The Morgan fingerprint density at radius 3 is 2.28 bits per heavy atom. The highest BCUT2D eigenvalue weighted by atomic mass is 127. The molecule has 0 unspecified atom stereocenters. The number of anilines is 2. The third-order valence-corrected chi connectivity index (χ3v) is 5.23. The van der Waals surface area contributed by atoms with Crippen LogP contribution in [0.1, 0.15) is 20.8 Å². The molecule has 32 heavy (non-hydrogen) atoms. The van der Waals surface area contributed by atoms with Crippen molar-refractivity contribution in [2.24, 2.45) is 10.2 Å². The van der Waals surface area contributed by atoms with Crippen LogP contribution >= 0.6 is 22.6 Å². The van der Waals surface area contributed by atoms with E-state index in [0.717, 1.165) is 11.8 Å². The van der Waals surface area contributed by atoms with Crippen molar-refractivity contribution in [1.82, 2.24) is 0 Å². The SMILES string of the molecule is CCN(CC)c1cc(NC(C)=O)c(N=Nc2c(I)cc([N+](=O)[O-])cc2[N+](=O)[O-])cc1OC. The average molecular weight is 556 g/mol. The average Bonchev–Trinajstić information content (AvgIpc) is 2.73. The third-order valence-electron chi connectivity index (χ3n) is 4.41. The Morgan fingerprint density at radius 1 is 1.12 bits per heavy atom. The van der Waals surface area contributed by atoms with Crippen LogP contribution in [0, 0.1) is 23.8 Å². The van der Waals surface area contributed by atoms with Crippen molar-refractivity contribution in [2.75, 3.05) is 30.4 Å². The number of hydrogen-bond acceptors (Lipinski definition) is 9. The molecule has 0 atom stereocenters. The molecule has 1 N–H and O–H groups in total. The summed E-state index contributed by atoms with van der Waals surface area (Å²) in [6.45, 7) is 6.68. The lowest BCUT2D eigenvalue weighted by atomic mass is 10.2. The maximum absolute atomic E-state index is 11.7. The van der Waals surface area contributed by atoms with Gasteiger partial charge in [-0.1, -0.05) is 0 Å². The van der Waals surface area contributed by atoms with E-state index in [0.29, 0.717) is 24.5 Å².